The molecule has 0 aliphatic heterocycles. The Hall–Kier alpha value is -4.63. The number of methoxy groups -OCH3 is 1. The summed E-state index contributed by atoms with van der Waals surface area (Å²) < 4.78 is 5.18. The van der Waals surface area contributed by atoms with Crippen LogP contribution in [0.5, 0.6) is 0 Å². The summed E-state index contributed by atoms with van der Waals surface area (Å²) in [6, 6.07) is 5.64. The van der Waals surface area contributed by atoms with Crippen molar-refractivity contribution in [3.05, 3.63) is 47.7 Å². The predicted molar refractivity (Wildman–Crippen MR) is 178 cm³/mol. The summed E-state index contributed by atoms with van der Waals surface area (Å²) in [5, 5.41) is 20.9. The summed E-state index contributed by atoms with van der Waals surface area (Å²) >= 11 is 0. The van der Waals surface area contributed by atoms with Gasteiger partial charge in [0.15, 0.2) is 0 Å². The van der Waals surface area contributed by atoms with Crippen molar-refractivity contribution in [1.29, 1.82) is 5.41 Å². The summed E-state index contributed by atoms with van der Waals surface area (Å²) in [7, 11) is 6.92. The third-order valence-electron chi connectivity index (χ3n) is 6.13. The van der Waals surface area contributed by atoms with Gasteiger partial charge in [-0.15, -0.1) is 0 Å². The Morgan fingerprint density at radius 2 is 1.84 bits per heavy atom. The second kappa shape index (κ2) is 19.5. The maximum Gasteiger partial charge on any atom is 0.246 e. The van der Waals surface area contributed by atoms with E-state index < -0.39 is 0 Å². The van der Waals surface area contributed by atoms with Crippen LogP contribution in [0.2, 0.25) is 0 Å². The number of nitrogens with zero attached hydrogens (tertiary/aromatic N) is 4. The molecule has 0 radical (unpaired) electrons. The molecule has 44 heavy (non-hydrogen) atoms. The number of nitrogens with one attached hydrogen (secondary N) is 5. The molecule has 2 aromatic rings. The van der Waals surface area contributed by atoms with Gasteiger partial charge in [-0.1, -0.05) is 31.8 Å². The molecule has 1 heterocycles. The molecule has 12 heteroatoms. The van der Waals surface area contributed by atoms with E-state index in [-0.39, 0.29) is 24.3 Å². The first-order valence-corrected chi connectivity index (χ1v) is 14.9. The monoisotopic (exact) mass is 605 g/mol. The minimum atomic E-state index is -0.213. The number of unbranched alkanes of at least 4 members (excludes halogenated alkanes) is 1. The van der Waals surface area contributed by atoms with E-state index in [1.165, 1.54) is 18.1 Å². The molecule has 0 aliphatic rings. The molecule has 5 N–H and O–H groups in total. The molecule has 238 valence electrons. The summed E-state index contributed by atoms with van der Waals surface area (Å²) in [4.78, 5) is 36.7. The number of hydrogen-bond acceptors (Lipinski definition) is 10. The number of hydrogen-bond donors (Lipinski definition) is 5. The van der Waals surface area contributed by atoms with Crippen LogP contribution in [-0.4, -0.2) is 98.5 Å². The Bertz CT molecular complexity index is 1330. The van der Waals surface area contributed by atoms with Gasteiger partial charge in [-0.25, -0.2) is 4.98 Å². The number of benzene rings is 1. The number of anilines is 4. The number of amides is 2. The van der Waals surface area contributed by atoms with Crippen LogP contribution in [0.15, 0.2) is 36.5 Å². The lowest BCUT2D eigenvalue weighted by molar-refractivity contribution is -0.131. The lowest BCUT2D eigenvalue weighted by Gasteiger charge is -2.15. The SMILES string of the molecule is CCCNc1ccc(Nc2ncc(C#CCCCNC(=O)CN(C)C(=O)/C=C/CN(C)C)c(NCCC)n2)cc1C(=N)OC. The number of rotatable bonds is 17. The number of carbonyl (C=O) groups is 2. The van der Waals surface area contributed by atoms with E-state index in [4.69, 9.17) is 10.1 Å². The smallest absolute Gasteiger partial charge is 0.246 e. The summed E-state index contributed by atoms with van der Waals surface area (Å²) in [6.45, 7) is 6.79. The van der Waals surface area contributed by atoms with E-state index in [1.54, 1.807) is 19.3 Å². The van der Waals surface area contributed by atoms with Crippen molar-refractivity contribution < 1.29 is 14.3 Å². The van der Waals surface area contributed by atoms with Gasteiger partial charge in [0.1, 0.15) is 5.82 Å². The van der Waals surface area contributed by atoms with Gasteiger partial charge in [0.25, 0.3) is 0 Å². The first-order valence-electron chi connectivity index (χ1n) is 14.9. The van der Waals surface area contributed by atoms with Gasteiger partial charge in [0.05, 0.1) is 31.0 Å². The number of likely N-dealkylation sites (N-methyl/N-ethyl adjacent to an activating group) is 2. The van der Waals surface area contributed by atoms with Gasteiger partial charge in [-0.2, -0.15) is 4.98 Å². The fourth-order valence-corrected chi connectivity index (χ4v) is 3.78. The second-order valence-corrected chi connectivity index (χ2v) is 10.3. The zero-order valence-corrected chi connectivity index (χ0v) is 26.8. The average Bonchev–Trinajstić information content (AvgIpc) is 3.00. The van der Waals surface area contributed by atoms with Crippen LogP contribution in [0.1, 0.15) is 50.7 Å². The van der Waals surface area contributed by atoms with E-state index in [2.05, 4.69) is 56.9 Å². The van der Waals surface area contributed by atoms with E-state index in [9.17, 15) is 9.59 Å². The quantitative estimate of drug-likeness (QED) is 0.0599. The highest BCUT2D eigenvalue weighted by Crippen LogP contribution is 2.24. The molecule has 1 aromatic carbocycles. The molecule has 0 unspecified atom stereocenters. The van der Waals surface area contributed by atoms with Gasteiger partial charge in [0, 0.05) is 57.1 Å². The van der Waals surface area contributed by atoms with Gasteiger partial charge in [-0.05, 0) is 51.6 Å². The first kappa shape index (κ1) is 35.6. The van der Waals surface area contributed by atoms with Crippen molar-refractivity contribution >= 4 is 40.9 Å². The Kier molecular flexibility index (Phi) is 15.8. The summed E-state index contributed by atoms with van der Waals surface area (Å²) in [6.07, 6.45) is 8.04. The molecular formula is C32H47N9O3. The maximum atomic E-state index is 12.2. The van der Waals surface area contributed by atoms with Gasteiger partial charge < -0.3 is 35.8 Å². The molecule has 2 rings (SSSR count). The minimum absolute atomic E-state index is 0.00287. The topological polar surface area (TPSA) is 148 Å². The molecule has 0 saturated heterocycles. The van der Waals surface area contributed by atoms with Crippen LogP contribution >= 0.6 is 0 Å². The molecule has 1 aromatic heterocycles. The van der Waals surface area contributed by atoms with Crippen LogP contribution in [0.25, 0.3) is 0 Å². The highest BCUT2D eigenvalue weighted by atomic mass is 16.5. The molecule has 0 spiro atoms. The van der Waals surface area contributed by atoms with E-state index in [1.807, 2.05) is 37.2 Å². The third kappa shape index (κ3) is 12.7. The normalized spacial score (nSPS) is 10.6. The van der Waals surface area contributed by atoms with Crippen molar-refractivity contribution in [3.63, 3.8) is 0 Å². The Morgan fingerprint density at radius 1 is 1.09 bits per heavy atom. The lowest BCUT2D eigenvalue weighted by atomic mass is 10.1. The summed E-state index contributed by atoms with van der Waals surface area (Å²) in [5.41, 5.74) is 2.87. The standard InChI is InChI=1S/C32H47N9O3/c1-7-17-34-27-16-15-25(21-26(27)30(33)44-6)38-32-37-22-24(31(39-32)36-18-8-2)13-10-9-11-19-35-28(42)23-41(5)29(43)14-12-20-40(3)4/h12,14-16,21-22,33-34H,7-9,11,17-20,23H2,1-6H3,(H,35,42)(H2,36,37,38,39)/b14-12+,33-30?. The molecule has 0 saturated carbocycles. The largest absolute Gasteiger partial charge is 0.481 e. The third-order valence-corrected chi connectivity index (χ3v) is 6.13. The second-order valence-electron chi connectivity index (χ2n) is 10.3. The Balaban J connectivity index is 1.97. The van der Waals surface area contributed by atoms with Crippen LogP contribution in [-0.2, 0) is 14.3 Å². The summed E-state index contributed by atoms with van der Waals surface area (Å²) in [5.74, 6) is 6.95. The van der Waals surface area contributed by atoms with Crippen molar-refractivity contribution in [2.45, 2.75) is 39.5 Å². The van der Waals surface area contributed by atoms with E-state index in [0.717, 1.165) is 37.3 Å². The molecule has 0 fully saturated rings. The van der Waals surface area contributed by atoms with Crippen molar-refractivity contribution in [2.24, 2.45) is 0 Å². The van der Waals surface area contributed by atoms with Crippen molar-refractivity contribution in [1.82, 2.24) is 25.1 Å². The van der Waals surface area contributed by atoms with Gasteiger partial charge >= 0.3 is 0 Å². The fraction of sp³-hybridized carbons (Fsp3) is 0.469. The Morgan fingerprint density at radius 3 is 2.55 bits per heavy atom. The van der Waals surface area contributed by atoms with E-state index >= 15 is 0 Å². The molecule has 12 nitrogen and oxygen atoms in total. The number of carbonyl (C=O) groups excluding carboxylic acids is 2. The molecule has 0 bridgehead atoms. The zero-order valence-electron chi connectivity index (χ0n) is 26.8. The molecule has 2 amide bonds. The molecule has 0 aliphatic carbocycles. The maximum absolute atomic E-state index is 12.2. The van der Waals surface area contributed by atoms with Crippen LogP contribution < -0.4 is 21.3 Å². The van der Waals surface area contributed by atoms with E-state index in [0.29, 0.717) is 48.8 Å². The Labute approximate surface area is 261 Å². The highest BCUT2D eigenvalue weighted by molar-refractivity contribution is 5.98. The first-order chi connectivity index (χ1) is 21.2. The molecular weight excluding hydrogens is 558 g/mol. The fourth-order valence-electron chi connectivity index (χ4n) is 3.78. The molecule has 0 atom stereocenters. The number of aromatic nitrogens is 2. The van der Waals surface area contributed by atoms with Crippen molar-refractivity contribution in [3.8, 4) is 11.8 Å². The van der Waals surface area contributed by atoms with Crippen molar-refractivity contribution in [2.75, 3.05) is 76.9 Å². The van der Waals surface area contributed by atoms with Crippen LogP contribution in [0, 0.1) is 17.3 Å². The van der Waals surface area contributed by atoms with Crippen LogP contribution in [0.3, 0.4) is 0 Å². The van der Waals surface area contributed by atoms with Crippen LogP contribution in [0.4, 0.5) is 23.1 Å². The average molecular weight is 606 g/mol. The number of ether oxygens (including phenoxy) is 1. The predicted octanol–water partition coefficient (Wildman–Crippen LogP) is 3.66. The lowest BCUT2D eigenvalue weighted by Crippen LogP contribution is -2.38. The minimum Gasteiger partial charge on any atom is -0.481 e. The van der Waals surface area contributed by atoms with Gasteiger partial charge in [0.2, 0.25) is 23.7 Å². The highest BCUT2D eigenvalue weighted by Gasteiger charge is 2.12. The van der Waals surface area contributed by atoms with Gasteiger partial charge in [-0.3, -0.25) is 15.0 Å². The zero-order chi connectivity index (χ0) is 32.3.